The minimum absolute atomic E-state index is 0. The van der Waals surface area contributed by atoms with E-state index in [9.17, 15) is 0 Å². The molecule has 2 rings (SSSR count). The number of guanidine groups is 1. The molecule has 2 N–H and O–H groups in total. The summed E-state index contributed by atoms with van der Waals surface area (Å²) >= 11 is 0. The Labute approximate surface area is 168 Å². The second-order valence-electron chi connectivity index (χ2n) is 6.25. The van der Waals surface area contributed by atoms with Gasteiger partial charge >= 0.3 is 0 Å². The fourth-order valence-electron chi connectivity index (χ4n) is 2.52. The number of aromatic nitrogens is 2. The van der Waals surface area contributed by atoms with Crippen LogP contribution in [0.15, 0.2) is 53.8 Å². The van der Waals surface area contributed by atoms with Crippen LogP contribution in [-0.4, -0.2) is 35.4 Å². The van der Waals surface area contributed by atoms with Crippen LogP contribution >= 0.6 is 24.0 Å². The third kappa shape index (κ3) is 7.90. The minimum atomic E-state index is 0. The molecule has 0 spiro atoms. The standard InChI is InChI=1S/C19H29N5.HI/c1-4-20-19(21-13-16(2)15-24-12-8-11-23-24)22-14-17(3)18-9-6-5-7-10-18;/h5-12,16-17H,4,13-15H2,1-3H3,(H2,20,21,22);1H. The Balaban J connectivity index is 0.00000312. The summed E-state index contributed by atoms with van der Waals surface area (Å²) in [7, 11) is 0. The van der Waals surface area contributed by atoms with Crippen LogP contribution < -0.4 is 10.6 Å². The largest absolute Gasteiger partial charge is 0.357 e. The second-order valence-corrected chi connectivity index (χ2v) is 6.25. The molecular formula is C19H30IN5. The lowest BCUT2D eigenvalue weighted by molar-refractivity contribution is 0.458. The molecule has 1 heterocycles. The summed E-state index contributed by atoms with van der Waals surface area (Å²) in [5, 5.41) is 11.0. The van der Waals surface area contributed by atoms with E-state index in [4.69, 9.17) is 4.99 Å². The molecule has 5 nitrogen and oxygen atoms in total. The van der Waals surface area contributed by atoms with Gasteiger partial charge in [0.15, 0.2) is 5.96 Å². The van der Waals surface area contributed by atoms with Gasteiger partial charge in [0.25, 0.3) is 0 Å². The third-order valence-electron chi connectivity index (χ3n) is 3.91. The maximum atomic E-state index is 4.71. The summed E-state index contributed by atoms with van der Waals surface area (Å²) in [5.74, 6) is 1.76. The van der Waals surface area contributed by atoms with Gasteiger partial charge in [-0.1, -0.05) is 44.2 Å². The first-order valence-electron chi connectivity index (χ1n) is 8.73. The lowest BCUT2D eigenvalue weighted by Gasteiger charge is -2.17. The van der Waals surface area contributed by atoms with Crippen molar-refractivity contribution in [2.45, 2.75) is 33.2 Å². The molecule has 0 amide bonds. The number of hydrogen-bond acceptors (Lipinski definition) is 2. The van der Waals surface area contributed by atoms with Gasteiger partial charge in [0.2, 0.25) is 0 Å². The number of aliphatic imine (C=N–C) groups is 1. The van der Waals surface area contributed by atoms with Crippen LogP contribution in [0.1, 0.15) is 32.3 Å². The molecule has 6 heteroatoms. The molecule has 0 bridgehead atoms. The maximum Gasteiger partial charge on any atom is 0.191 e. The Hall–Kier alpha value is -1.57. The lowest BCUT2D eigenvalue weighted by atomic mass is 10.0. The first kappa shape index (κ1) is 21.5. The topological polar surface area (TPSA) is 54.2 Å². The molecule has 2 atom stereocenters. The lowest BCUT2D eigenvalue weighted by Crippen LogP contribution is -2.39. The van der Waals surface area contributed by atoms with Gasteiger partial charge in [-0.25, -0.2) is 0 Å². The molecule has 0 aliphatic rings. The van der Waals surface area contributed by atoms with E-state index in [-0.39, 0.29) is 24.0 Å². The first-order chi connectivity index (χ1) is 11.7. The van der Waals surface area contributed by atoms with Crippen molar-refractivity contribution in [3.63, 3.8) is 0 Å². The molecule has 2 aromatic rings. The predicted octanol–water partition coefficient (Wildman–Crippen LogP) is 3.50. The number of hydrogen-bond donors (Lipinski definition) is 2. The number of halogens is 1. The zero-order chi connectivity index (χ0) is 17.2. The highest BCUT2D eigenvalue weighted by molar-refractivity contribution is 14.0. The smallest absolute Gasteiger partial charge is 0.191 e. The Morgan fingerprint density at radius 3 is 2.56 bits per heavy atom. The monoisotopic (exact) mass is 455 g/mol. The van der Waals surface area contributed by atoms with Gasteiger partial charge in [-0.15, -0.1) is 24.0 Å². The molecule has 1 aromatic carbocycles. The van der Waals surface area contributed by atoms with Gasteiger partial charge in [-0.3, -0.25) is 9.67 Å². The molecule has 0 fully saturated rings. The summed E-state index contributed by atoms with van der Waals surface area (Å²) < 4.78 is 1.96. The van der Waals surface area contributed by atoms with Crippen molar-refractivity contribution < 1.29 is 0 Å². The molecule has 0 saturated carbocycles. The van der Waals surface area contributed by atoms with Crippen molar-refractivity contribution in [3.05, 3.63) is 54.4 Å². The predicted molar refractivity (Wildman–Crippen MR) is 116 cm³/mol. The number of rotatable bonds is 8. The van der Waals surface area contributed by atoms with Crippen LogP contribution in [0.5, 0.6) is 0 Å². The van der Waals surface area contributed by atoms with Crippen LogP contribution in [0.4, 0.5) is 0 Å². The van der Waals surface area contributed by atoms with Gasteiger partial charge in [0.05, 0.1) is 0 Å². The van der Waals surface area contributed by atoms with Crippen molar-refractivity contribution >= 4 is 29.9 Å². The average Bonchev–Trinajstić information content (AvgIpc) is 3.10. The van der Waals surface area contributed by atoms with Gasteiger partial charge < -0.3 is 10.6 Å². The van der Waals surface area contributed by atoms with Crippen molar-refractivity contribution in [2.75, 3.05) is 19.6 Å². The van der Waals surface area contributed by atoms with Crippen LogP contribution in [0.3, 0.4) is 0 Å². The highest BCUT2D eigenvalue weighted by Gasteiger charge is 2.07. The van der Waals surface area contributed by atoms with E-state index >= 15 is 0 Å². The van der Waals surface area contributed by atoms with Crippen molar-refractivity contribution in [1.82, 2.24) is 20.4 Å². The van der Waals surface area contributed by atoms with E-state index in [0.717, 1.165) is 32.1 Å². The molecule has 2 unspecified atom stereocenters. The summed E-state index contributed by atoms with van der Waals surface area (Å²) in [6.07, 6.45) is 3.80. The average molecular weight is 455 g/mol. The van der Waals surface area contributed by atoms with E-state index in [1.807, 2.05) is 23.1 Å². The Bertz CT molecular complexity index is 598. The number of benzene rings is 1. The molecule has 25 heavy (non-hydrogen) atoms. The maximum absolute atomic E-state index is 4.71. The molecule has 0 aliphatic heterocycles. The molecule has 138 valence electrons. The van der Waals surface area contributed by atoms with E-state index in [2.05, 4.69) is 66.8 Å². The Morgan fingerprint density at radius 1 is 1.16 bits per heavy atom. The van der Waals surface area contributed by atoms with Crippen LogP contribution in [0.2, 0.25) is 0 Å². The van der Waals surface area contributed by atoms with Crippen LogP contribution in [0, 0.1) is 5.92 Å². The fraction of sp³-hybridized carbons (Fsp3) is 0.474. The quantitative estimate of drug-likeness (QED) is 0.364. The summed E-state index contributed by atoms with van der Waals surface area (Å²) in [6.45, 7) is 9.90. The van der Waals surface area contributed by atoms with E-state index in [1.54, 1.807) is 0 Å². The van der Waals surface area contributed by atoms with E-state index in [0.29, 0.717) is 11.8 Å². The van der Waals surface area contributed by atoms with E-state index in [1.165, 1.54) is 5.56 Å². The second kappa shape index (κ2) is 11.9. The van der Waals surface area contributed by atoms with Crippen LogP contribution in [-0.2, 0) is 6.54 Å². The Morgan fingerprint density at radius 2 is 1.92 bits per heavy atom. The normalized spacial score (nSPS) is 13.6. The molecule has 0 aliphatic carbocycles. The van der Waals surface area contributed by atoms with Gasteiger partial charge in [0.1, 0.15) is 0 Å². The van der Waals surface area contributed by atoms with E-state index < -0.39 is 0 Å². The summed E-state index contributed by atoms with van der Waals surface area (Å²) in [6, 6.07) is 12.5. The molecule has 0 saturated heterocycles. The summed E-state index contributed by atoms with van der Waals surface area (Å²) in [4.78, 5) is 4.71. The molecule has 0 radical (unpaired) electrons. The molecule has 1 aromatic heterocycles. The van der Waals surface area contributed by atoms with Crippen molar-refractivity contribution in [1.29, 1.82) is 0 Å². The number of nitrogens with zero attached hydrogens (tertiary/aromatic N) is 3. The molecular weight excluding hydrogens is 425 g/mol. The third-order valence-corrected chi connectivity index (χ3v) is 3.91. The first-order valence-corrected chi connectivity index (χ1v) is 8.73. The van der Waals surface area contributed by atoms with Crippen LogP contribution in [0.25, 0.3) is 0 Å². The highest BCUT2D eigenvalue weighted by atomic mass is 127. The van der Waals surface area contributed by atoms with Gasteiger partial charge in [0, 0.05) is 38.6 Å². The zero-order valence-corrected chi connectivity index (χ0v) is 17.7. The minimum Gasteiger partial charge on any atom is -0.357 e. The highest BCUT2D eigenvalue weighted by Crippen LogP contribution is 2.12. The fourth-order valence-corrected chi connectivity index (χ4v) is 2.52. The van der Waals surface area contributed by atoms with Gasteiger partial charge in [-0.05, 0) is 30.4 Å². The van der Waals surface area contributed by atoms with Crippen molar-refractivity contribution in [2.24, 2.45) is 10.9 Å². The summed E-state index contributed by atoms with van der Waals surface area (Å²) in [5.41, 5.74) is 1.34. The Kier molecular flexibility index (Phi) is 10.2. The van der Waals surface area contributed by atoms with Gasteiger partial charge in [-0.2, -0.15) is 5.10 Å². The van der Waals surface area contributed by atoms with Crippen molar-refractivity contribution in [3.8, 4) is 0 Å². The zero-order valence-electron chi connectivity index (χ0n) is 15.4. The SMILES string of the molecule is CCNC(=NCC(C)Cn1cccn1)NCC(C)c1ccccc1.I. The number of nitrogens with one attached hydrogen (secondary N) is 2.